The Morgan fingerprint density at radius 1 is 1.08 bits per heavy atom. The molecule has 3 saturated heterocycles. The third-order valence-electron chi connectivity index (χ3n) is 11.8. The van der Waals surface area contributed by atoms with Crippen LogP contribution in [-0.2, 0) is 32.3 Å². The van der Waals surface area contributed by atoms with E-state index in [1.807, 2.05) is 0 Å². The number of piperazine rings is 1. The number of thiocarbonyl (C=S) groups is 1. The molecule has 4 fully saturated rings. The highest BCUT2D eigenvalue weighted by molar-refractivity contribution is 7.80. The van der Waals surface area contributed by atoms with E-state index in [1.165, 1.54) is 15.7 Å². The number of alkyl halides is 6. The standard InChI is InChI=1S/C39H43F6N11O5S/c1-37(2)34(59)55(23-17-26(38(40,41)42)28(18-46)47-19-23)36(62)56(37)22-7-9-24(10-8-22)61-16-15-52-13-14-53(29(20-52)39(43,44)45)21-31(58)48-27-6-4-5-25-32(27)51(3)50-33(25)54-12-11-30(57)49-35(54)60/h4-6,17,19,22,24,29H,7-16,20-21H2,1-3H3,(H,48,58)(H,49,57,60)/t22-,24-,29?. The van der Waals surface area contributed by atoms with Gasteiger partial charge in [0.05, 0.1) is 47.9 Å². The van der Waals surface area contributed by atoms with E-state index >= 15 is 0 Å². The number of benzene rings is 1. The molecule has 23 heteroatoms. The van der Waals surface area contributed by atoms with Crippen molar-refractivity contribution >= 4 is 69.2 Å². The molecule has 3 aliphatic heterocycles. The average molecular weight is 892 g/mol. The zero-order valence-corrected chi connectivity index (χ0v) is 34.7. The second-order valence-corrected chi connectivity index (χ2v) is 16.5. The molecule has 1 unspecified atom stereocenters. The highest BCUT2D eigenvalue weighted by Crippen LogP contribution is 2.40. The number of fused-ring (bicyclic) bond motifs is 1. The van der Waals surface area contributed by atoms with Crippen molar-refractivity contribution in [2.75, 3.05) is 61.0 Å². The first-order valence-electron chi connectivity index (χ1n) is 19.9. The van der Waals surface area contributed by atoms with Gasteiger partial charge in [0, 0.05) is 57.6 Å². The molecule has 0 bridgehead atoms. The topological polar surface area (TPSA) is 172 Å². The van der Waals surface area contributed by atoms with Gasteiger partial charge >= 0.3 is 18.4 Å². The molecule has 16 nitrogen and oxygen atoms in total. The van der Waals surface area contributed by atoms with Crippen molar-refractivity contribution in [1.29, 1.82) is 5.26 Å². The summed E-state index contributed by atoms with van der Waals surface area (Å²) >= 11 is 5.66. The normalized spacial score (nSPS) is 23.0. The van der Waals surface area contributed by atoms with Gasteiger partial charge in [-0.1, -0.05) is 6.07 Å². The van der Waals surface area contributed by atoms with E-state index in [4.69, 9.17) is 22.2 Å². The van der Waals surface area contributed by atoms with Crippen molar-refractivity contribution in [3.8, 4) is 6.07 Å². The minimum absolute atomic E-state index is 0.0182. The predicted octanol–water partition coefficient (Wildman–Crippen LogP) is 4.53. The number of carbonyl (C=O) groups is 4. The van der Waals surface area contributed by atoms with E-state index in [0.717, 1.165) is 16.0 Å². The number of hydrogen-bond donors (Lipinski definition) is 2. The number of imide groups is 1. The first-order chi connectivity index (χ1) is 29.2. The molecule has 4 aliphatic rings. The monoisotopic (exact) mass is 891 g/mol. The lowest BCUT2D eigenvalue weighted by Gasteiger charge is -2.42. The molecule has 332 valence electrons. The Kier molecular flexibility index (Phi) is 12.3. The van der Waals surface area contributed by atoms with Crippen LogP contribution in [0.5, 0.6) is 0 Å². The van der Waals surface area contributed by atoms with Gasteiger partial charge in [-0.3, -0.25) is 44.0 Å². The van der Waals surface area contributed by atoms with Crippen LogP contribution in [0.3, 0.4) is 0 Å². The number of para-hydroxylation sites is 1. The Bertz CT molecular complexity index is 2320. The fourth-order valence-corrected chi connectivity index (χ4v) is 9.26. The van der Waals surface area contributed by atoms with Gasteiger partial charge in [0.1, 0.15) is 17.6 Å². The SMILES string of the molecule is Cn1nc(N2CCC(=O)NC2=O)c2cccc(NC(=O)CN3CCN(CCO[C@H]4CC[C@H](N5C(=S)N(c6cnc(C#N)c(C(F)(F)F)c6)C(=O)C5(C)C)CC4)CC3C(F)(F)F)c21. The van der Waals surface area contributed by atoms with Crippen LogP contribution in [0.4, 0.5) is 48.3 Å². The number of nitriles is 1. The maximum Gasteiger partial charge on any atom is 0.419 e. The van der Waals surface area contributed by atoms with Crippen molar-refractivity contribution in [2.24, 2.45) is 7.05 Å². The predicted molar refractivity (Wildman–Crippen MR) is 215 cm³/mol. The Labute approximate surface area is 356 Å². The first kappa shape index (κ1) is 44.6. The zero-order chi connectivity index (χ0) is 44.9. The largest absolute Gasteiger partial charge is 0.419 e. The molecule has 1 aliphatic carbocycles. The van der Waals surface area contributed by atoms with E-state index in [0.29, 0.717) is 48.3 Å². The van der Waals surface area contributed by atoms with Crippen molar-refractivity contribution in [2.45, 2.75) is 82.0 Å². The highest BCUT2D eigenvalue weighted by atomic mass is 32.1. The molecule has 5 amide bonds. The highest BCUT2D eigenvalue weighted by Gasteiger charge is 2.53. The quantitative estimate of drug-likeness (QED) is 0.216. The summed E-state index contributed by atoms with van der Waals surface area (Å²) in [6.07, 6.45) is -6.51. The van der Waals surface area contributed by atoms with E-state index in [2.05, 4.69) is 20.7 Å². The Hall–Kier alpha value is -5.44. The Morgan fingerprint density at radius 3 is 2.47 bits per heavy atom. The number of urea groups is 1. The molecule has 3 aromatic rings. The number of ether oxygens (including phenoxy) is 1. The van der Waals surface area contributed by atoms with Gasteiger partial charge in [0.15, 0.2) is 16.6 Å². The number of carbonyl (C=O) groups excluding carboxylic acids is 4. The number of amides is 5. The summed E-state index contributed by atoms with van der Waals surface area (Å²) in [4.78, 5) is 61.5. The summed E-state index contributed by atoms with van der Waals surface area (Å²) < 4.78 is 92.0. The second kappa shape index (κ2) is 17.0. The van der Waals surface area contributed by atoms with Crippen molar-refractivity contribution in [1.82, 2.24) is 34.8 Å². The third kappa shape index (κ3) is 8.77. The van der Waals surface area contributed by atoms with E-state index < -0.39 is 65.5 Å². The molecule has 2 N–H and O–H groups in total. The number of pyridine rings is 1. The fraction of sp³-hybridized carbons (Fsp3) is 0.538. The van der Waals surface area contributed by atoms with Crippen molar-refractivity contribution < 1.29 is 50.3 Å². The van der Waals surface area contributed by atoms with Crippen LogP contribution in [0, 0.1) is 11.3 Å². The number of rotatable bonds is 10. The van der Waals surface area contributed by atoms with Gasteiger partial charge in [-0.05, 0) is 69.9 Å². The number of aryl methyl sites for hydroxylation is 1. The summed E-state index contributed by atoms with van der Waals surface area (Å²) in [5.74, 6) is -1.35. The molecule has 1 aromatic carbocycles. The number of nitrogens with zero attached hydrogens (tertiary/aromatic N) is 9. The van der Waals surface area contributed by atoms with Crippen LogP contribution < -0.4 is 20.4 Å². The molecule has 2 aromatic heterocycles. The summed E-state index contributed by atoms with van der Waals surface area (Å²) in [5, 5.41) is 19.1. The molecule has 1 atom stereocenters. The smallest absolute Gasteiger partial charge is 0.377 e. The van der Waals surface area contributed by atoms with Crippen molar-refractivity contribution in [3.63, 3.8) is 0 Å². The summed E-state index contributed by atoms with van der Waals surface area (Å²) in [6, 6.07) is 4.21. The Morgan fingerprint density at radius 2 is 1.81 bits per heavy atom. The summed E-state index contributed by atoms with van der Waals surface area (Å²) in [7, 11) is 1.60. The van der Waals surface area contributed by atoms with Gasteiger partial charge in [0.2, 0.25) is 11.8 Å². The maximum atomic E-state index is 14.4. The number of hydrogen-bond acceptors (Lipinski definition) is 11. The lowest BCUT2D eigenvalue weighted by Crippen LogP contribution is -2.60. The van der Waals surface area contributed by atoms with Crippen molar-refractivity contribution in [3.05, 3.63) is 41.7 Å². The molecular formula is C39H43F6N11O5S. The molecule has 1 saturated carbocycles. The molecule has 5 heterocycles. The molecule has 7 rings (SSSR count). The zero-order valence-electron chi connectivity index (χ0n) is 33.8. The van der Waals surface area contributed by atoms with Crippen LogP contribution in [0.1, 0.15) is 57.2 Å². The minimum Gasteiger partial charge on any atom is -0.377 e. The van der Waals surface area contributed by atoms with Gasteiger partial charge in [-0.25, -0.2) is 9.78 Å². The van der Waals surface area contributed by atoms with Gasteiger partial charge in [0.25, 0.3) is 5.91 Å². The molecular weight excluding hydrogens is 849 g/mol. The Balaban J connectivity index is 0.910. The number of nitrogens with one attached hydrogen (secondary N) is 2. The third-order valence-corrected chi connectivity index (χ3v) is 12.1. The first-order valence-corrected chi connectivity index (χ1v) is 20.3. The van der Waals surface area contributed by atoms with Crippen LogP contribution in [0.2, 0.25) is 0 Å². The lowest BCUT2D eigenvalue weighted by molar-refractivity contribution is -0.197. The van der Waals surface area contributed by atoms with Crippen LogP contribution in [0.15, 0.2) is 30.5 Å². The molecule has 0 spiro atoms. The molecule has 62 heavy (non-hydrogen) atoms. The maximum absolute atomic E-state index is 14.4. The van der Waals surface area contributed by atoms with Crippen LogP contribution in [-0.4, -0.2) is 134 Å². The number of halogens is 6. The van der Waals surface area contributed by atoms with E-state index in [9.17, 15) is 45.5 Å². The second-order valence-electron chi connectivity index (χ2n) is 16.1. The fourth-order valence-electron chi connectivity index (χ4n) is 8.69. The van der Waals surface area contributed by atoms with Gasteiger partial charge < -0.3 is 15.0 Å². The lowest BCUT2D eigenvalue weighted by atomic mass is 9.89. The minimum atomic E-state index is -4.88. The summed E-state index contributed by atoms with van der Waals surface area (Å²) in [5.41, 5.74) is -2.76. The van der Waals surface area contributed by atoms with E-state index in [1.54, 1.807) is 48.9 Å². The average Bonchev–Trinajstić information content (AvgIpc) is 3.63. The van der Waals surface area contributed by atoms with Gasteiger partial charge in [-0.2, -0.15) is 36.7 Å². The van der Waals surface area contributed by atoms with Gasteiger partial charge in [-0.15, -0.1) is 0 Å². The summed E-state index contributed by atoms with van der Waals surface area (Å²) in [6.45, 7) is 3.05. The van der Waals surface area contributed by atoms with Crippen LogP contribution in [0.25, 0.3) is 10.9 Å². The number of aromatic nitrogens is 3. The van der Waals surface area contributed by atoms with E-state index in [-0.39, 0.29) is 74.5 Å². The molecule has 0 radical (unpaired) electrons. The number of anilines is 3. The van der Waals surface area contributed by atoms with Crippen LogP contribution >= 0.6 is 12.2 Å².